The molecule has 0 radical (unpaired) electrons. The average Bonchev–Trinajstić information content (AvgIpc) is 2.67. The Hall–Kier alpha value is -2.53. The topological polar surface area (TPSA) is 61.8 Å². The Kier molecular flexibility index (Phi) is 5.56. The van der Waals surface area contributed by atoms with Crippen molar-refractivity contribution < 1.29 is 14.6 Å². The first-order chi connectivity index (χ1) is 12.2. The lowest BCUT2D eigenvalue weighted by Crippen LogP contribution is -2.45. The monoisotopic (exact) mass is 340 g/mol. The van der Waals surface area contributed by atoms with Crippen molar-refractivity contribution in [3.05, 3.63) is 59.7 Å². The minimum absolute atomic E-state index is 0.325. The normalized spacial score (nSPS) is 17.3. The Morgan fingerprint density at radius 1 is 1.28 bits per heavy atom. The van der Waals surface area contributed by atoms with Crippen LogP contribution in [0.4, 0.5) is 5.69 Å². The van der Waals surface area contributed by atoms with Crippen molar-refractivity contribution in [2.75, 3.05) is 25.1 Å². The third-order valence-electron chi connectivity index (χ3n) is 4.64. The van der Waals surface area contributed by atoms with Gasteiger partial charge in [0.2, 0.25) is 0 Å². The molecule has 0 saturated carbocycles. The molecule has 2 N–H and O–H groups in total. The van der Waals surface area contributed by atoms with Crippen molar-refractivity contribution >= 4 is 11.7 Å². The molecular weight excluding hydrogens is 316 g/mol. The fourth-order valence-electron chi connectivity index (χ4n) is 3.21. The lowest BCUT2D eigenvalue weighted by atomic mass is 10.0. The van der Waals surface area contributed by atoms with Crippen molar-refractivity contribution in [3.63, 3.8) is 0 Å². The van der Waals surface area contributed by atoms with Gasteiger partial charge in [-0.3, -0.25) is 0 Å². The zero-order chi connectivity index (χ0) is 17.6. The summed E-state index contributed by atoms with van der Waals surface area (Å²) in [6.45, 7) is 2.76. The second-order valence-corrected chi connectivity index (χ2v) is 6.37. The summed E-state index contributed by atoms with van der Waals surface area (Å²) in [5.74, 6) is -0.00757. The van der Waals surface area contributed by atoms with Gasteiger partial charge >= 0.3 is 5.97 Å². The number of aromatic carboxylic acids is 1. The van der Waals surface area contributed by atoms with E-state index in [4.69, 9.17) is 9.84 Å². The Morgan fingerprint density at radius 2 is 2.08 bits per heavy atom. The molecule has 25 heavy (non-hydrogen) atoms. The molecule has 5 nitrogen and oxygen atoms in total. The van der Waals surface area contributed by atoms with Crippen LogP contribution in [0, 0.1) is 0 Å². The largest absolute Gasteiger partial charge is 0.497 e. The Bertz CT molecular complexity index is 715. The van der Waals surface area contributed by atoms with Gasteiger partial charge in [-0.15, -0.1) is 0 Å². The molecule has 1 aliphatic rings. The summed E-state index contributed by atoms with van der Waals surface area (Å²) in [7, 11) is 1.69. The predicted molar refractivity (Wildman–Crippen MR) is 98.5 cm³/mol. The Balaban J connectivity index is 1.57. The summed E-state index contributed by atoms with van der Waals surface area (Å²) < 4.78 is 5.32. The number of methoxy groups -OCH3 is 1. The van der Waals surface area contributed by atoms with Crippen LogP contribution in [0.5, 0.6) is 5.75 Å². The number of hydrogen-bond donors (Lipinski definition) is 2. The summed E-state index contributed by atoms with van der Waals surface area (Å²) in [6, 6.07) is 15.7. The molecule has 0 amide bonds. The number of anilines is 1. The summed E-state index contributed by atoms with van der Waals surface area (Å²) in [5, 5.41) is 12.5. The van der Waals surface area contributed by atoms with Gasteiger partial charge < -0.3 is 20.1 Å². The van der Waals surface area contributed by atoms with Crippen LogP contribution in [-0.4, -0.2) is 37.3 Å². The van der Waals surface area contributed by atoms with E-state index in [-0.39, 0.29) is 0 Å². The van der Waals surface area contributed by atoms with Gasteiger partial charge in [0.1, 0.15) is 5.75 Å². The highest BCUT2D eigenvalue weighted by molar-refractivity contribution is 5.87. The van der Waals surface area contributed by atoms with Crippen molar-refractivity contribution in [2.45, 2.75) is 25.4 Å². The number of ether oxygens (including phenoxy) is 1. The van der Waals surface area contributed by atoms with Crippen LogP contribution in [0.1, 0.15) is 28.8 Å². The fourth-order valence-corrected chi connectivity index (χ4v) is 3.21. The van der Waals surface area contributed by atoms with E-state index in [0.29, 0.717) is 11.6 Å². The van der Waals surface area contributed by atoms with Crippen molar-refractivity contribution in [3.8, 4) is 5.75 Å². The highest BCUT2D eigenvalue weighted by Gasteiger charge is 2.20. The summed E-state index contributed by atoms with van der Waals surface area (Å²) in [6.07, 6.45) is 2.29. The highest BCUT2D eigenvalue weighted by atomic mass is 16.5. The standard InChI is InChI=1S/C20H24N2O3/c1-25-19-6-2-5-18(12-19)22-11-3-4-17(14-22)21-13-15-7-9-16(10-8-15)20(23)24/h2,5-10,12,17,21H,3-4,11,13-14H2,1H3,(H,23,24). The number of carbonyl (C=O) groups is 1. The van der Waals surface area contributed by atoms with E-state index in [1.807, 2.05) is 24.3 Å². The first-order valence-electron chi connectivity index (χ1n) is 8.60. The molecule has 1 unspecified atom stereocenters. The van der Waals surface area contributed by atoms with Crippen LogP contribution in [0.2, 0.25) is 0 Å². The molecule has 1 fully saturated rings. The van der Waals surface area contributed by atoms with Crippen molar-refractivity contribution in [2.24, 2.45) is 0 Å². The lowest BCUT2D eigenvalue weighted by molar-refractivity contribution is 0.0697. The molecule has 0 spiro atoms. The van der Waals surface area contributed by atoms with E-state index >= 15 is 0 Å². The first kappa shape index (κ1) is 17.3. The number of carboxylic acids is 1. The minimum Gasteiger partial charge on any atom is -0.497 e. The Morgan fingerprint density at radius 3 is 2.80 bits per heavy atom. The van der Waals surface area contributed by atoms with Gasteiger partial charge in [0.05, 0.1) is 12.7 Å². The van der Waals surface area contributed by atoms with Crippen LogP contribution in [0.15, 0.2) is 48.5 Å². The summed E-state index contributed by atoms with van der Waals surface area (Å²) in [5.41, 5.74) is 2.62. The Labute approximate surface area is 148 Å². The quantitative estimate of drug-likeness (QED) is 0.846. The third-order valence-corrected chi connectivity index (χ3v) is 4.64. The predicted octanol–water partition coefficient (Wildman–Crippen LogP) is 3.15. The summed E-state index contributed by atoms with van der Waals surface area (Å²) >= 11 is 0. The van der Waals surface area contributed by atoms with Gasteiger partial charge in [-0.05, 0) is 42.7 Å². The number of nitrogens with one attached hydrogen (secondary N) is 1. The number of nitrogens with zero attached hydrogens (tertiary/aromatic N) is 1. The van der Waals surface area contributed by atoms with Gasteiger partial charge in [0.25, 0.3) is 0 Å². The first-order valence-corrected chi connectivity index (χ1v) is 8.60. The molecule has 1 atom stereocenters. The summed E-state index contributed by atoms with van der Waals surface area (Å²) in [4.78, 5) is 13.3. The van der Waals surface area contributed by atoms with Crippen LogP contribution < -0.4 is 15.0 Å². The van der Waals surface area contributed by atoms with Gasteiger partial charge in [0.15, 0.2) is 0 Å². The molecule has 0 bridgehead atoms. The van der Waals surface area contributed by atoms with E-state index in [1.54, 1.807) is 19.2 Å². The number of piperidine rings is 1. The molecule has 3 rings (SSSR count). The van der Waals surface area contributed by atoms with E-state index in [2.05, 4.69) is 22.3 Å². The third kappa shape index (κ3) is 4.51. The maximum atomic E-state index is 10.9. The molecule has 1 aliphatic heterocycles. The van der Waals surface area contributed by atoms with Crippen LogP contribution in [-0.2, 0) is 6.54 Å². The minimum atomic E-state index is -0.888. The molecule has 0 aliphatic carbocycles. The van der Waals surface area contributed by atoms with Crippen molar-refractivity contribution in [1.29, 1.82) is 0 Å². The molecular formula is C20H24N2O3. The second-order valence-electron chi connectivity index (χ2n) is 6.37. The molecule has 132 valence electrons. The SMILES string of the molecule is COc1cccc(N2CCCC(NCc3ccc(C(=O)O)cc3)C2)c1. The molecule has 0 aromatic heterocycles. The fraction of sp³-hybridized carbons (Fsp3) is 0.350. The number of carboxylic acid groups (broad SMARTS) is 1. The van der Waals surface area contributed by atoms with Crippen LogP contribution in [0.3, 0.4) is 0 Å². The van der Waals surface area contributed by atoms with Gasteiger partial charge in [-0.25, -0.2) is 4.79 Å². The number of benzene rings is 2. The van der Waals surface area contributed by atoms with Gasteiger partial charge in [-0.1, -0.05) is 18.2 Å². The highest BCUT2D eigenvalue weighted by Crippen LogP contribution is 2.24. The molecule has 2 aromatic rings. The average molecular weight is 340 g/mol. The molecule has 1 heterocycles. The second kappa shape index (κ2) is 8.03. The molecule has 5 heteroatoms. The van der Waals surface area contributed by atoms with E-state index < -0.39 is 5.97 Å². The van der Waals surface area contributed by atoms with Crippen LogP contribution in [0.25, 0.3) is 0 Å². The zero-order valence-electron chi connectivity index (χ0n) is 14.4. The molecule has 1 saturated heterocycles. The van der Waals surface area contributed by atoms with E-state index in [1.165, 1.54) is 5.69 Å². The maximum absolute atomic E-state index is 10.9. The van der Waals surface area contributed by atoms with Crippen molar-refractivity contribution in [1.82, 2.24) is 5.32 Å². The maximum Gasteiger partial charge on any atom is 0.335 e. The molecule has 2 aromatic carbocycles. The number of hydrogen-bond acceptors (Lipinski definition) is 4. The zero-order valence-corrected chi connectivity index (χ0v) is 14.4. The lowest BCUT2D eigenvalue weighted by Gasteiger charge is -2.35. The van der Waals surface area contributed by atoms with Gasteiger partial charge in [0, 0.05) is 37.4 Å². The van der Waals surface area contributed by atoms with Gasteiger partial charge in [-0.2, -0.15) is 0 Å². The smallest absolute Gasteiger partial charge is 0.335 e. The van der Waals surface area contributed by atoms with Crippen LogP contribution >= 0.6 is 0 Å². The van der Waals surface area contributed by atoms with E-state index in [0.717, 1.165) is 43.8 Å². The van der Waals surface area contributed by atoms with E-state index in [9.17, 15) is 4.79 Å². The number of rotatable bonds is 6.